The lowest BCUT2D eigenvalue weighted by Crippen LogP contribution is -2.28. The molecule has 2 unspecified atom stereocenters. The van der Waals surface area contributed by atoms with Gasteiger partial charge in [0.25, 0.3) is 0 Å². The monoisotopic (exact) mass is 233 g/mol. The van der Waals surface area contributed by atoms with E-state index in [-0.39, 0.29) is 5.69 Å². The van der Waals surface area contributed by atoms with Crippen molar-refractivity contribution in [3.8, 4) is 0 Å². The second kappa shape index (κ2) is 4.42. The lowest BCUT2D eigenvalue weighted by atomic mass is 10.0. The zero-order valence-corrected chi connectivity index (χ0v) is 7.89. The Kier molecular flexibility index (Phi) is 3.41. The quantitative estimate of drug-likeness (QED) is 0.551. The van der Waals surface area contributed by atoms with Gasteiger partial charge in [-0.25, -0.2) is 13.6 Å². The smallest absolute Gasteiger partial charge is 0.335 e. The molecule has 1 rings (SSSR count). The van der Waals surface area contributed by atoms with Gasteiger partial charge in [0, 0.05) is 5.69 Å². The van der Waals surface area contributed by atoms with Gasteiger partial charge >= 0.3 is 5.97 Å². The Bertz CT molecular complexity index is 401. The molecule has 0 aliphatic heterocycles. The van der Waals surface area contributed by atoms with Crippen molar-refractivity contribution in [2.45, 2.75) is 12.2 Å². The van der Waals surface area contributed by atoms with Gasteiger partial charge in [0.05, 0.1) is 5.56 Å². The van der Waals surface area contributed by atoms with Crippen LogP contribution in [-0.2, 0) is 4.79 Å². The number of nitrogens with two attached hydrogens (primary N) is 1. The Hall–Kier alpha value is -1.73. The average molecular weight is 233 g/mol. The van der Waals surface area contributed by atoms with Crippen molar-refractivity contribution in [1.29, 1.82) is 0 Å². The van der Waals surface area contributed by atoms with E-state index in [1.165, 1.54) is 0 Å². The Labute approximate surface area is 88.7 Å². The number of benzene rings is 1. The molecule has 0 spiro atoms. The number of halogens is 2. The summed E-state index contributed by atoms with van der Waals surface area (Å²) < 4.78 is 26.4. The fourth-order valence-corrected chi connectivity index (χ4v) is 1.18. The normalized spacial score (nSPS) is 14.5. The third-order valence-corrected chi connectivity index (χ3v) is 1.95. The van der Waals surface area contributed by atoms with E-state index in [1.807, 2.05) is 0 Å². The van der Waals surface area contributed by atoms with Crippen LogP contribution in [0.1, 0.15) is 11.7 Å². The van der Waals surface area contributed by atoms with Gasteiger partial charge in [0.15, 0.2) is 6.10 Å². The number of aliphatic hydroxyl groups is 2. The van der Waals surface area contributed by atoms with Gasteiger partial charge in [-0.15, -0.1) is 0 Å². The van der Waals surface area contributed by atoms with Crippen molar-refractivity contribution in [3.05, 3.63) is 29.3 Å². The van der Waals surface area contributed by atoms with Gasteiger partial charge in [-0.3, -0.25) is 0 Å². The largest absolute Gasteiger partial charge is 0.479 e. The maximum Gasteiger partial charge on any atom is 0.335 e. The van der Waals surface area contributed by atoms with Crippen LogP contribution in [0.25, 0.3) is 0 Å². The number of aliphatic carboxylic acids is 1. The minimum absolute atomic E-state index is 0.212. The SMILES string of the molecule is Nc1cc(F)c(C(O)C(O)C(=O)O)c(F)c1. The van der Waals surface area contributed by atoms with E-state index < -0.39 is 35.4 Å². The van der Waals surface area contributed by atoms with Gasteiger partial charge in [0.2, 0.25) is 0 Å². The molecule has 0 fully saturated rings. The molecule has 0 aliphatic carbocycles. The third kappa shape index (κ3) is 2.26. The summed E-state index contributed by atoms with van der Waals surface area (Å²) >= 11 is 0. The first-order chi connectivity index (χ1) is 7.34. The molecule has 7 heteroatoms. The van der Waals surface area contributed by atoms with Gasteiger partial charge in [0.1, 0.15) is 17.7 Å². The van der Waals surface area contributed by atoms with Crippen molar-refractivity contribution in [1.82, 2.24) is 0 Å². The first-order valence-corrected chi connectivity index (χ1v) is 4.18. The van der Waals surface area contributed by atoms with E-state index in [4.69, 9.17) is 15.9 Å². The molecule has 0 radical (unpaired) electrons. The highest BCUT2D eigenvalue weighted by molar-refractivity contribution is 5.73. The maximum atomic E-state index is 13.2. The van der Waals surface area contributed by atoms with E-state index in [2.05, 4.69) is 0 Å². The molecule has 88 valence electrons. The maximum absolute atomic E-state index is 13.2. The van der Waals surface area contributed by atoms with Crippen LogP contribution >= 0.6 is 0 Å². The van der Waals surface area contributed by atoms with Crippen molar-refractivity contribution >= 4 is 11.7 Å². The number of hydrogen-bond donors (Lipinski definition) is 4. The molecule has 0 bridgehead atoms. The lowest BCUT2D eigenvalue weighted by molar-refractivity contribution is -0.153. The number of carbonyl (C=O) groups is 1. The topological polar surface area (TPSA) is 104 Å². The molecule has 5 N–H and O–H groups in total. The summed E-state index contributed by atoms with van der Waals surface area (Å²) in [6.45, 7) is 0. The summed E-state index contributed by atoms with van der Waals surface area (Å²) in [5, 5.41) is 26.6. The van der Waals surface area contributed by atoms with Crippen LogP contribution in [0.2, 0.25) is 0 Å². The minimum Gasteiger partial charge on any atom is -0.479 e. The Morgan fingerprint density at radius 3 is 2.06 bits per heavy atom. The molecule has 0 amide bonds. The highest BCUT2D eigenvalue weighted by atomic mass is 19.1. The molecular weight excluding hydrogens is 224 g/mol. The first-order valence-electron chi connectivity index (χ1n) is 4.18. The summed E-state index contributed by atoms with van der Waals surface area (Å²) in [7, 11) is 0. The van der Waals surface area contributed by atoms with Crippen LogP contribution in [0.3, 0.4) is 0 Å². The second-order valence-electron chi connectivity index (χ2n) is 3.13. The molecule has 0 saturated carbocycles. The fraction of sp³-hybridized carbons (Fsp3) is 0.222. The predicted octanol–water partition coefficient (Wildman–Crippen LogP) is 0.0259. The zero-order chi connectivity index (χ0) is 12.5. The number of carboxylic acids is 1. The standard InChI is InChI=1S/C9H9F2NO4/c10-4-1-3(12)2-5(11)6(4)7(13)8(14)9(15)16/h1-2,7-8,13-14H,12H2,(H,15,16). The molecule has 1 aromatic carbocycles. The summed E-state index contributed by atoms with van der Waals surface area (Å²) in [5.74, 6) is -4.22. The molecular formula is C9H9F2NO4. The van der Waals surface area contributed by atoms with E-state index in [0.29, 0.717) is 0 Å². The molecule has 16 heavy (non-hydrogen) atoms. The molecule has 2 atom stereocenters. The average Bonchev–Trinajstić information content (AvgIpc) is 2.14. The van der Waals surface area contributed by atoms with Crippen LogP contribution < -0.4 is 5.73 Å². The number of hydrogen-bond acceptors (Lipinski definition) is 4. The summed E-state index contributed by atoms with van der Waals surface area (Å²) in [6, 6.07) is 1.44. The van der Waals surface area contributed by atoms with Gasteiger partial charge in [-0.05, 0) is 12.1 Å². The fourth-order valence-electron chi connectivity index (χ4n) is 1.18. The minimum atomic E-state index is -2.31. The molecule has 1 aromatic rings. The number of aliphatic hydroxyl groups excluding tert-OH is 2. The van der Waals surface area contributed by atoms with E-state index >= 15 is 0 Å². The van der Waals surface area contributed by atoms with E-state index in [1.54, 1.807) is 0 Å². The highest BCUT2D eigenvalue weighted by Crippen LogP contribution is 2.25. The number of rotatable bonds is 3. The van der Waals surface area contributed by atoms with Gasteiger partial charge in [-0.2, -0.15) is 0 Å². The van der Waals surface area contributed by atoms with Crippen LogP contribution in [0.5, 0.6) is 0 Å². The van der Waals surface area contributed by atoms with Crippen molar-refractivity contribution in [2.75, 3.05) is 5.73 Å². The van der Waals surface area contributed by atoms with E-state index in [9.17, 15) is 18.7 Å². The van der Waals surface area contributed by atoms with Crippen molar-refractivity contribution in [3.63, 3.8) is 0 Å². The third-order valence-electron chi connectivity index (χ3n) is 1.95. The molecule has 0 heterocycles. The molecule has 5 nitrogen and oxygen atoms in total. The summed E-state index contributed by atoms with van der Waals surface area (Å²) in [6.07, 6.45) is -4.51. The number of carboxylic acid groups (broad SMARTS) is 1. The second-order valence-corrected chi connectivity index (χ2v) is 3.13. The van der Waals surface area contributed by atoms with E-state index in [0.717, 1.165) is 12.1 Å². The highest BCUT2D eigenvalue weighted by Gasteiger charge is 2.30. The van der Waals surface area contributed by atoms with Crippen molar-refractivity contribution in [2.24, 2.45) is 0 Å². The van der Waals surface area contributed by atoms with Gasteiger partial charge in [-0.1, -0.05) is 0 Å². The van der Waals surface area contributed by atoms with Crippen LogP contribution in [0.4, 0.5) is 14.5 Å². The summed E-state index contributed by atoms with van der Waals surface area (Å²) in [4.78, 5) is 10.3. The van der Waals surface area contributed by atoms with Crippen LogP contribution in [0, 0.1) is 11.6 Å². The van der Waals surface area contributed by atoms with Crippen LogP contribution in [0.15, 0.2) is 12.1 Å². The lowest BCUT2D eigenvalue weighted by Gasteiger charge is -2.16. The predicted molar refractivity (Wildman–Crippen MR) is 49.4 cm³/mol. The number of nitrogen functional groups attached to an aromatic ring is 1. The molecule has 0 saturated heterocycles. The Morgan fingerprint density at radius 2 is 1.69 bits per heavy atom. The molecule has 0 aromatic heterocycles. The van der Waals surface area contributed by atoms with Crippen molar-refractivity contribution < 1.29 is 28.9 Å². The number of anilines is 1. The first kappa shape index (κ1) is 12.3. The zero-order valence-electron chi connectivity index (χ0n) is 7.89. The molecule has 0 aliphatic rings. The summed E-state index contributed by atoms with van der Waals surface area (Å²) in [5.41, 5.74) is 3.98. The Balaban J connectivity index is 3.18. The Morgan fingerprint density at radius 1 is 1.25 bits per heavy atom. The van der Waals surface area contributed by atoms with Gasteiger partial charge < -0.3 is 21.1 Å². The van der Waals surface area contributed by atoms with Crippen LogP contribution in [-0.4, -0.2) is 27.4 Å².